The molecule has 1 fully saturated rings. The first-order chi connectivity index (χ1) is 9.56. The number of carbonyl (C=O) groups excluding carboxylic acids is 1. The second kappa shape index (κ2) is 6.41. The average molecular weight is 276 g/mol. The molecule has 2 amide bonds. The van der Waals surface area contributed by atoms with E-state index in [1.165, 1.54) is 0 Å². The summed E-state index contributed by atoms with van der Waals surface area (Å²) in [6.07, 6.45) is 2.49. The summed E-state index contributed by atoms with van der Waals surface area (Å²) in [7, 11) is 0. The van der Waals surface area contributed by atoms with Crippen molar-refractivity contribution in [1.82, 2.24) is 5.32 Å². The van der Waals surface area contributed by atoms with Crippen molar-refractivity contribution in [1.29, 1.82) is 0 Å². The molecule has 1 aliphatic rings. The summed E-state index contributed by atoms with van der Waals surface area (Å²) in [4.78, 5) is 22.8. The molecule has 0 aromatic heterocycles. The predicted octanol–water partition coefficient (Wildman–Crippen LogP) is 2.62. The number of benzene rings is 1. The Balaban J connectivity index is 1.80. The third-order valence-corrected chi connectivity index (χ3v) is 3.81. The van der Waals surface area contributed by atoms with Crippen LogP contribution in [0.2, 0.25) is 0 Å². The molecular weight excluding hydrogens is 256 g/mol. The quantitative estimate of drug-likeness (QED) is 0.791. The number of carbonyl (C=O) groups is 2. The van der Waals surface area contributed by atoms with E-state index in [0.717, 1.165) is 24.1 Å². The zero-order chi connectivity index (χ0) is 14.5. The van der Waals surface area contributed by atoms with Crippen molar-refractivity contribution in [3.8, 4) is 0 Å². The molecule has 0 aliphatic heterocycles. The summed E-state index contributed by atoms with van der Waals surface area (Å²) in [5, 5.41) is 14.6. The molecule has 20 heavy (non-hydrogen) atoms. The summed E-state index contributed by atoms with van der Waals surface area (Å²) < 4.78 is 0. The van der Waals surface area contributed by atoms with Gasteiger partial charge in [-0.3, -0.25) is 4.79 Å². The minimum Gasteiger partial charge on any atom is -0.481 e. The number of carboxylic acid groups (broad SMARTS) is 1. The van der Waals surface area contributed by atoms with Gasteiger partial charge in [-0.15, -0.1) is 0 Å². The van der Waals surface area contributed by atoms with Gasteiger partial charge in [-0.05, 0) is 37.8 Å². The van der Waals surface area contributed by atoms with Gasteiger partial charge in [-0.25, -0.2) is 4.79 Å². The number of amides is 2. The van der Waals surface area contributed by atoms with E-state index in [9.17, 15) is 9.59 Å². The number of anilines is 1. The van der Waals surface area contributed by atoms with E-state index in [0.29, 0.717) is 13.0 Å². The van der Waals surface area contributed by atoms with Gasteiger partial charge in [0.15, 0.2) is 0 Å². The van der Waals surface area contributed by atoms with Gasteiger partial charge in [-0.2, -0.15) is 0 Å². The molecule has 0 bridgehead atoms. The zero-order valence-electron chi connectivity index (χ0n) is 11.6. The van der Waals surface area contributed by atoms with Crippen LogP contribution >= 0.6 is 0 Å². The highest BCUT2D eigenvalue weighted by Gasteiger charge is 2.32. The van der Waals surface area contributed by atoms with E-state index < -0.39 is 5.97 Å². The number of aliphatic carboxylic acids is 1. The van der Waals surface area contributed by atoms with Crippen LogP contribution in [0.5, 0.6) is 0 Å². The van der Waals surface area contributed by atoms with Crippen molar-refractivity contribution in [3.63, 3.8) is 0 Å². The fourth-order valence-corrected chi connectivity index (χ4v) is 2.64. The Kier molecular flexibility index (Phi) is 4.61. The molecule has 3 N–H and O–H groups in total. The van der Waals surface area contributed by atoms with Crippen LogP contribution in [0.15, 0.2) is 24.3 Å². The molecule has 5 heteroatoms. The summed E-state index contributed by atoms with van der Waals surface area (Å²) in [6, 6.07) is 7.24. The topological polar surface area (TPSA) is 78.4 Å². The second-order valence-electron chi connectivity index (χ2n) is 5.34. The van der Waals surface area contributed by atoms with Crippen molar-refractivity contribution in [2.24, 2.45) is 11.8 Å². The number of urea groups is 1. The van der Waals surface area contributed by atoms with Gasteiger partial charge >= 0.3 is 12.0 Å². The molecule has 0 spiro atoms. The van der Waals surface area contributed by atoms with E-state index in [-0.39, 0.29) is 17.9 Å². The predicted molar refractivity (Wildman–Crippen MR) is 76.7 cm³/mol. The minimum absolute atomic E-state index is 0.0382. The molecule has 0 radical (unpaired) electrons. The minimum atomic E-state index is -0.756. The van der Waals surface area contributed by atoms with Crippen LogP contribution in [0.25, 0.3) is 0 Å². The van der Waals surface area contributed by atoms with Crippen LogP contribution in [-0.2, 0) is 4.79 Å². The number of carboxylic acids is 1. The molecule has 1 aromatic carbocycles. The maximum Gasteiger partial charge on any atom is 0.319 e. The van der Waals surface area contributed by atoms with E-state index in [1.807, 2.05) is 31.2 Å². The summed E-state index contributed by atoms with van der Waals surface area (Å²) >= 11 is 0. The number of hydrogen-bond acceptors (Lipinski definition) is 2. The third kappa shape index (κ3) is 3.73. The van der Waals surface area contributed by atoms with E-state index >= 15 is 0 Å². The van der Waals surface area contributed by atoms with Crippen LogP contribution in [-0.4, -0.2) is 23.7 Å². The molecular formula is C15H20N2O3. The lowest BCUT2D eigenvalue weighted by Crippen LogP contribution is -2.35. The lowest BCUT2D eigenvalue weighted by Gasteiger charge is -2.16. The molecule has 2 rings (SSSR count). The second-order valence-corrected chi connectivity index (χ2v) is 5.34. The van der Waals surface area contributed by atoms with Gasteiger partial charge in [0, 0.05) is 12.2 Å². The van der Waals surface area contributed by atoms with Crippen LogP contribution in [0, 0.1) is 18.8 Å². The molecule has 108 valence electrons. The molecule has 5 nitrogen and oxygen atoms in total. The lowest BCUT2D eigenvalue weighted by molar-refractivity contribution is -0.142. The highest BCUT2D eigenvalue weighted by molar-refractivity contribution is 5.89. The van der Waals surface area contributed by atoms with Gasteiger partial charge in [0.2, 0.25) is 0 Å². The molecule has 2 unspecified atom stereocenters. The largest absolute Gasteiger partial charge is 0.481 e. The zero-order valence-corrected chi connectivity index (χ0v) is 11.6. The maximum absolute atomic E-state index is 11.8. The molecule has 1 saturated carbocycles. The monoisotopic (exact) mass is 276 g/mol. The number of rotatable bonds is 4. The van der Waals surface area contributed by atoms with Gasteiger partial charge < -0.3 is 15.7 Å². The Morgan fingerprint density at radius 2 is 1.95 bits per heavy atom. The maximum atomic E-state index is 11.8. The van der Waals surface area contributed by atoms with E-state index in [1.54, 1.807) is 0 Å². The van der Waals surface area contributed by atoms with Crippen molar-refractivity contribution >= 4 is 17.7 Å². The fraction of sp³-hybridized carbons (Fsp3) is 0.467. The molecule has 0 saturated heterocycles. The summed E-state index contributed by atoms with van der Waals surface area (Å²) in [5.41, 5.74) is 1.86. The van der Waals surface area contributed by atoms with E-state index in [2.05, 4.69) is 10.6 Å². The standard InChI is InChI=1S/C15H20N2O3/c1-10-5-7-12(8-6-10)17-15(20)16-9-11-3-2-4-13(11)14(18)19/h5-8,11,13H,2-4,9H2,1H3,(H,18,19)(H2,16,17,20). The highest BCUT2D eigenvalue weighted by Crippen LogP contribution is 2.31. The summed E-state index contributed by atoms with van der Waals surface area (Å²) in [5.74, 6) is -1.04. The first-order valence-electron chi connectivity index (χ1n) is 6.90. The van der Waals surface area contributed by atoms with Crippen LogP contribution in [0.4, 0.5) is 10.5 Å². The SMILES string of the molecule is Cc1ccc(NC(=O)NCC2CCCC2C(=O)O)cc1. The Hall–Kier alpha value is -2.04. The van der Waals surface area contributed by atoms with Gasteiger partial charge in [0.05, 0.1) is 5.92 Å². The number of hydrogen-bond donors (Lipinski definition) is 3. The Bertz CT molecular complexity index is 484. The number of nitrogens with one attached hydrogen (secondary N) is 2. The average Bonchev–Trinajstić information content (AvgIpc) is 2.88. The van der Waals surface area contributed by atoms with Crippen LogP contribution in [0.3, 0.4) is 0 Å². The van der Waals surface area contributed by atoms with Crippen LogP contribution in [0.1, 0.15) is 24.8 Å². The van der Waals surface area contributed by atoms with E-state index in [4.69, 9.17) is 5.11 Å². The van der Waals surface area contributed by atoms with Crippen molar-refractivity contribution < 1.29 is 14.7 Å². The van der Waals surface area contributed by atoms with Gasteiger partial charge in [0.25, 0.3) is 0 Å². The first-order valence-corrected chi connectivity index (χ1v) is 6.90. The van der Waals surface area contributed by atoms with Crippen molar-refractivity contribution in [2.45, 2.75) is 26.2 Å². The normalized spacial score (nSPS) is 21.4. The first kappa shape index (κ1) is 14.4. The third-order valence-electron chi connectivity index (χ3n) is 3.81. The van der Waals surface area contributed by atoms with Crippen molar-refractivity contribution in [2.75, 3.05) is 11.9 Å². The molecule has 1 aliphatic carbocycles. The Labute approximate surface area is 118 Å². The van der Waals surface area contributed by atoms with Gasteiger partial charge in [-0.1, -0.05) is 24.1 Å². The summed E-state index contributed by atoms with van der Waals surface area (Å²) in [6.45, 7) is 2.39. The smallest absolute Gasteiger partial charge is 0.319 e. The fourth-order valence-electron chi connectivity index (χ4n) is 2.64. The van der Waals surface area contributed by atoms with Gasteiger partial charge in [0.1, 0.15) is 0 Å². The van der Waals surface area contributed by atoms with Crippen LogP contribution < -0.4 is 10.6 Å². The molecule has 2 atom stereocenters. The molecule has 0 heterocycles. The Morgan fingerprint density at radius 3 is 2.60 bits per heavy atom. The molecule has 1 aromatic rings. The Morgan fingerprint density at radius 1 is 1.25 bits per heavy atom. The lowest BCUT2D eigenvalue weighted by atomic mass is 9.96. The number of aryl methyl sites for hydroxylation is 1. The highest BCUT2D eigenvalue weighted by atomic mass is 16.4. The van der Waals surface area contributed by atoms with Crippen molar-refractivity contribution in [3.05, 3.63) is 29.8 Å².